The molecule has 0 aliphatic carbocycles. The molecule has 0 saturated heterocycles. The van der Waals surface area contributed by atoms with E-state index in [0.717, 1.165) is 5.56 Å². The van der Waals surface area contributed by atoms with Gasteiger partial charge in [-0.1, -0.05) is 23.7 Å². The fourth-order valence-electron chi connectivity index (χ4n) is 2.27. The minimum absolute atomic E-state index is 0.201. The minimum Gasteiger partial charge on any atom is -0.368 e. The number of carbonyl (C=O) groups excluding carboxylic acids is 3. The van der Waals surface area contributed by atoms with Gasteiger partial charge >= 0.3 is 0 Å². The van der Waals surface area contributed by atoms with Gasteiger partial charge in [0.2, 0.25) is 11.8 Å². The van der Waals surface area contributed by atoms with Crippen LogP contribution in [-0.2, 0) is 16.0 Å². The van der Waals surface area contributed by atoms with Gasteiger partial charge in [0.1, 0.15) is 6.04 Å². The van der Waals surface area contributed by atoms with Gasteiger partial charge in [-0.3, -0.25) is 14.4 Å². The van der Waals surface area contributed by atoms with Gasteiger partial charge in [0.15, 0.2) is 0 Å². The SMILES string of the molecule is CC(=O)Nc1ccc(C(=O)N[C@@H](Cc2cccc(Cl)c2)C(N)=O)cc1. The molecule has 0 aliphatic rings. The lowest BCUT2D eigenvalue weighted by atomic mass is 10.0. The van der Waals surface area contributed by atoms with Crippen LogP contribution in [0.5, 0.6) is 0 Å². The number of amides is 3. The van der Waals surface area contributed by atoms with E-state index in [-0.39, 0.29) is 12.3 Å². The summed E-state index contributed by atoms with van der Waals surface area (Å²) < 4.78 is 0. The second kappa shape index (κ2) is 8.30. The van der Waals surface area contributed by atoms with Crippen molar-refractivity contribution in [3.63, 3.8) is 0 Å². The van der Waals surface area contributed by atoms with Crippen LogP contribution in [0.15, 0.2) is 48.5 Å². The lowest BCUT2D eigenvalue weighted by molar-refractivity contribution is -0.119. The molecular formula is C18H18ClN3O3. The zero-order valence-electron chi connectivity index (χ0n) is 13.6. The molecule has 0 spiro atoms. The molecule has 0 unspecified atom stereocenters. The monoisotopic (exact) mass is 359 g/mol. The normalized spacial score (nSPS) is 11.4. The third-order valence-corrected chi connectivity index (χ3v) is 3.68. The molecule has 0 saturated carbocycles. The maximum atomic E-state index is 12.3. The average molecular weight is 360 g/mol. The van der Waals surface area contributed by atoms with Crippen molar-refractivity contribution >= 4 is 35.0 Å². The smallest absolute Gasteiger partial charge is 0.251 e. The number of nitrogens with one attached hydrogen (secondary N) is 2. The maximum Gasteiger partial charge on any atom is 0.251 e. The molecular weight excluding hydrogens is 342 g/mol. The summed E-state index contributed by atoms with van der Waals surface area (Å²) in [7, 11) is 0. The summed E-state index contributed by atoms with van der Waals surface area (Å²) >= 11 is 5.93. The molecule has 2 aromatic carbocycles. The Morgan fingerprint density at radius 1 is 1.12 bits per heavy atom. The summed E-state index contributed by atoms with van der Waals surface area (Å²) in [6.07, 6.45) is 0.242. The first-order valence-corrected chi connectivity index (χ1v) is 7.95. The molecule has 0 aromatic heterocycles. The molecule has 3 amide bonds. The molecule has 0 bridgehead atoms. The van der Waals surface area contributed by atoms with Gasteiger partial charge in [-0.05, 0) is 42.0 Å². The van der Waals surface area contributed by atoms with Gasteiger partial charge in [-0.15, -0.1) is 0 Å². The molecule has 4 N–H and O–H groups in total. The highest BCUT2D eigenvalue weighted by atomic mass is 35.5. The molecule has 1 atom stereocenters. The van der Waals surface area contributed by atoms with E-state index >= 15 is 0 Å². The number of rotatable bonds is 6. The lowest BCUT2D eigenvalue weighted by Crippen LogP contribution is -2.45. The molecule has 7 heteroatoms. The minimum atomic E-state index is -0.860. The quantitative estimate of drug-likeness (QED) is 0.736. The first kappa shape index (κ1) is 18.5. The fourth-order valence-corrected chi connectivity index (χ4v) is 2.49. The summed E-state index contributed by atoms with van der Waals surface area (Å²) in [6.45, 7) is 1.40. The lowest BCUT2D eigenvalue weighted by Gasteiger charge is -2.16. The Morgan fingerprint density at radius 3 is 2.36 bits per heavy atom. The molecule has 25 heavy (non-hydrogen) atoms. The van der Waals surface area contributed by atoms with Gasteiger partial charge in [0.25, 0.3) is 5.91 Å². The van der Waals surface area contributed by atoms with Crippen molar-refractivity contribution in [3.8, 4) is 0 Å². The molecule has 0 radical (unpaired) electrons. The van der Waals surface area contributed by atoms with Crippen LogP contribution in [0.3, 0.4) is 0 Å². The fraction of sp³-hybridized carbons (Fsp3) is 0.167. The van der Waals surface area contributed by atoms with Crippen LogP contribution in [-0.4, -0.2) is 23.8 Å². The van der Waals surface area contributed by atoms with Crippen LogP contribution >= 0.6 is 11.6 Å². The number of nitrogens with two attached hydrogens (primary N) is 1. The van der Waals surface area contributed by atoms with E-state index in [1.165, 1.54) is 6.92 Å². The van der Waals surface area contributed by atoms with Crippen LogP contribution in [0, 0.1) is 0 Å². The van der Waals surface area contributed by atoms with Gasteiger partial charge in [-0.25, -0.2) is 0 Å². The summed E-state index contributed by atoms with van der Waals surface area (Å²) in [5, 5.41) is 5.77. The van der Waals surface area contributed by atoms with Crippen molar-refractivity contribution < 1.29 is 14.4 Å². The zero-order valence-corrected chi connectivity index (χ0v) is 14.3. The van der Waals surface area contributed by atoms with E-state index in [2.05, 4.69) is 10.6 Å². The van der Waals surface area contributed by atoms with E-state index in [1.807, 2.05) is 0 Å². The van der Waals surface area contributed by atoms with Crippen molar-refractivity contribution in [2.45, 2.75) is 19.4 Å². The van der Waals surface area contributed by atoms with E-state index < -0.39 is 17.9 Å². The van der Waals surface area contributed by atoms with E-state index in [4.69, 9.17) is 17.3 Å². The second-order valence-electron chi connectivity index (χ2n) is 5.52. The Balaban J connectivity index is 2.07. The maximum absolute atomic E-state index is 12.3. The van der Waals surface area contributed by atoms with Crippen molar-refractivity contribution in [2.75, 3.05) is 5.32 Å². The van der Waals surface area contributed by atoms with Crippen LogP contribution in [0.4, 0.5) is 5.69 Å². The Hall–Kier alpha value is -2.86. The number of hydrogen-bond acceptors (Lipinski definition) is 3. The van der Waals surface area contributed by atoms with E-state index in [0.29, 0.717) is 16.3 Å². The van der Waals surface area contributed by atoms with Crippen LogP contribution in [0.25, 0.3) is 0 Å². The number of benzene rings is 2. The van der Waals surface area contributed by atoms with Crippen LogP contribution < -0.4 is 16.4 Å². The predicted octanol–water partition coefficient (Wildman–Crippen LogP) is 2.12. The molecule has 0 fully saturated rings. The topological polar surface area (TPSA) is 101 Å². The highest BCUT2D eigenvalue weighted by molar-refractivity contribution is 6.30. The molecule has 130 valence electrons. The average Bonchev–Trinajstić information content (AvgIpc) is 2.54. The first-order valence-electron chi connectivity index (χ1n) is 7.57. The largest absolute Gasteiger partial charge is 0.368 e. The zero-order chi connectivity index (χ0) is 18.4. The van der Waals surface area contributed by atoms with Gasteiger partial charge in [0.05, 0.1) is 0 Å². The number of anilines is 1. The standard InChI is InChI=1S/C18H18ClN3O3/c1-11(23)21-15-7-5-13(6-8-15)18(25)22-16(17(20)24)10-12-3-2-4-14(19)9-12/h2-9,16H,10H2,1H3,(H2,20,24)(H,21,23)(H,22,25)/t16-/m0/s1. The van der Waals surface area contributed by atoms with E-state index in [9.17, 15) is 14.4 Å². The Labute approximate surface area is 150 Å². The summed E-state index contributed by atoms with van der Waals surface area (Å²) in [5.41, 5.74) is 7.11. The molecule has 6 nitrogen and oxygen atoms in total. The predicted molar refractivity (Wildman–Crippen MR) is 96.4 cm³/mol. The Bertz CT molecular complexity index is 790. The van der Waals surface area contributed by atoms with Crippen LogP contribution in [0.1, 0.15) is 22.8 Å². The number of hydrogen-bond donors (Lipinski definition) is 3. The van der Waals surface area contributed by atoms with Crippen molar-refractivity contribution in [3.05, 3.63) is 64.7 Å². The second-order valence-corrected chi connectivity index (χ2v) is 5.96. The van der Waals surface area contributed by atoms with Crippen molar-refractivity contribution in [1.29, 1.82) is 0 Å². The number of primary amides is 1. The third-order valence-electron chi connectivity index (χ3n) is 3.45. The Kier molecular flexibility index (Phi) is 6.14. The van der Waals surface area contributed by atoms with Crippen LogP contribution in [0.2, 0.25) is 5.02 Å². The van der Waals surface area contributed by atoms with Crippen molar-refractivity contribution in [2.24, 2.45) is 5.73 Å². The molecule has 0 aliphatic heterocycles. The summed E-state index contributed by atoms with van der Waals surface area (Å²) in [6, 6.07) is 12.5. The third kappa shape index (κ3) is 5.61. The molecule has 2 aromatic rings. The number of halogens is 1. The summed E-state index contributed by atoms with van der Waals surface area (Å²) in [4.78, 5) is 35.0. The highest BCUT2D eigenvalue weighted by Gasteiger charge is 2.19. The molecule has 2 rings (SSSR count). The van der Waals surface area contributed by atoms with Gasteiger partial charge < -0.3 is 16.4 Å². The van der Waals surface area contributed by atoms with Crippen molar-refractivity contribution in [1.82, 2.24) is 5.32 Å². The van der Waals surface area contributed by atoms with Gasteiger partial charge in [0, 0.05) is 29.6 Å². The van der Waals surface area contributed by atoms with Gasteiger partial charge in [-0.2, -0.15) is 0 Å². The first-order chi connectivity index (χ1) is 11.8. The number of carbonyl (C=O) groups is 3. The molecule has 0 heterocycles. The highest BCUT2D eigenvalue weighted by Crippen LogP contribution is 2.13. The Morgan fingerprint density at radius 2 is 1.80 bits per heavy atom. The summed E-state index contributed by atoms with van der Waals surface area (Å²) in [5.74, 6) is -1.27. The van der Waals surface area contributed by atoms with E-state index in [1.54, 1.807) is 48.5 Å².